The third kappa shape index (κ3) is 8.85. The molecule has 1 heterocycles. The monoisotopic (exact) mass is 421 g/mol. The van der Waals surface area contributed by atoms with Crippen LogP contribution in [-0.4, -0.2) is 27.7 Å². The fourth-order valence-electron chi connectivity index (χ4n) is 3.28. The fraction of sp³-hybridized carbons (Fsp3) is 0.720. The first-order valence-corrected chi connectivity index (χ1v) is 11.4. The molecule has 5 heteroatoms. The molecule has 0 saturated heterocycles. The number of aromatic nitrogens is 1. The van der Waals surface area contributed by atoms with Gasteiger partial charge in [0.15, 0.2) is 5.78 Å². The second-order valence-electron chi connectivity index (χ2n) is 8.75. The molecule has 1 aliphatic rings. The number of rotatable bonds is 5. The normalized spacial score (nSPS) is 12.8. The van der Waals surface area contributed by atoms with E-state index in [1.165, 1.54) is 26.2 Å². The van der Waals surface area contributed by atoms with Crippen molar-refractivity contribution < 1.29 is 19.1 Å². The van der Waals surface area contributed by atoms with Crippen LogP contribution in [0.2, 0.25) is 0 Å². The van der Waals surface area contributed by atoms with Gasteiger partial charge in [-0.1, -0.05) is 53.9 Å². The average Bonchev–Trinajstić information content (AvgIpc) is 2.93. The lowest BCUT2D eigenvalue weighted by Gasteiger charge is -2.21. The van der Waals surface area contributed by atoms with Crippen molar-refractivity contribution in [3.8, 4) is 0 Å². The Morgan fingerprint density at radius 1 is 1.00 bits per heavy atom. The number of esters is 1. The molecule has 0 N–H and O–H groups in total. The zero-order valence-electron chi connectivity index (χ0n) is 20.7. The van der Waals surface area contributed by atoms with Crippen LogP contribution >= 0.6 is 0 Å². The van der Waals surface area contributed by atoms with Gasteiger partial charge in [0, 0.05) is 29.8 Å². The molecular weight excluding hydrogens is 378 g/mol. The minimum Gasteiger partial charge on any atom is -0.459 e. The minimum absolute atomic E-state index is 0.0456. The lowest BCUT2D eigenvalue weighted by Crippen LogP contribution is -2.28. The SMILES string of the molecule is CCC.CCCC.CCc1c(C(C)=O)c2c(n1CC(=O)OC(C)(C)C)CCC(=O)C2. The Morgan fingerprint density at radius 2 is 1.53 bits per heavy atom. The van der Waals surface area contributed by atoms with Gasteiger partial charge >= 0.3 is 5.97 Å². The molecule has 1 aliphatic carbocycles. The van der Waals surface area contributed by atoms with Gasteiger partial charge in [-0.2, -0.15) is 0 Å². The number of hydrogen-bond acceptors (Lipinski definition) is 4. The molecule has 1 aromatic heterocycles. The Morgan fingerprint density at radius 3 is 1.93 bits per heavy atom. The third-order valence-electron chi connectivity index (χ3n) is 4.50. The summed E-state index contributed by atoms with van der Waals surface area (Å²) < 4.78 is 7.31. The smallest absolute Gasteiger partial charge is 0.326 e. The van der Waals surface area contributed by atoms with Gasteiger partial charge in [0.1, 0.15) is 17.9 Å². The highest BCUT2D eigenvalue weighted by atomic mass is 16.6. The van der Waals surface area contributed by atoms with Gasteiger partial charge in [-0.05, 0) is 46.1 Å². The summed E-state index contributed by atoms with van der Waals surface area (Å²) in [6, 6.07) is 0. The lowest BCUT2D eigenvalue weighted by atomic mass is 9.92. The fourth-order valence-corrected chi connectivity index (χ4v) is 3.28. The van der Waals surface area contributed by atoms with E-state index in [2.05, 4.69) is 27.7 Å². The van der Waals surface area contributed by atoms with Gasteiger partial charge < -0.3 is 9.30 Å². The number of hydrogen-bond donors (Lipinski definition) is 0. The summed E-state index contributed by atoms with van der Waals surface area (Å²) in [5.74, 6) is -0.218. The van der Waals surface area contributed by atoms with Gasteiger partial charge in [-0.3, -0.25) is 14.4 Å². The van der Waals surface area contributed by atoms with E-state index in [0.717, 1.165) is 17.0 Å². The van der Waals surface area contributed by atoms with E-state index in [4.69, 9.17) is 4.74 Å². The number of fused-ring (bicyclic) bond motifs is 1. The highest BCUT2D eigenvalue weighted by Gasteiger charge is 2.30. The van der Waals surface area contributed by atoms with E-state index in [9.17, 15) is 14.4 Å². The van der Waals surface area contributed by atoms with Crippen LogP contribution in [0, 0.1) is 0 Å². The van der Waals surface area contributed by atoms with Crippen LogP contribution in [0.15, 0.2) is 0 Å². The average molecular weight is 422 g/mol. The highest BCUT2D eigenvalue weighted by Crippen LogP contribution is 2.30. The second kappa shape index (κ2) is 13.4. The topological polar surface area (TPSA) is 65.4 Å². The van der Waals surface area contributed by atoms with E-state index in [1.807, 2.05) is 32.3 Å². The van der Waals surface area contributed by atoms with Gasteiger partial charge in [-0.25, -0.2) is 0 Å². The van der Waals surface area contributed by atoms with Crippen molar-refractivity contribution in [2.24, 2.45) is 0 Å². The van der Waals surface area contributed by atoms with Crippen LogP contribution < -0.4 is 0 Å². The van der Waals surface area contributed by atoms with Crippen LogP contribution in [0.5, 0.6) is 0 Å². The zero-order valence-corrected chi connectivity index (χ0v) is 20.7. The standard InChI is InChI=1S/C18H25NO4.C4H10.C3H8/c1-6-14-17(11(2)20)13-9-12(21)7-8-15(13)19(14)10-16(22)23-18(3,4)5;1-3-4-2;1-3-2/h6-10H2,1-5H3;3-4H2,1-2H3;3H2,1-2H3. The number of carbonyl (C=O) groups excluding carboxylic acids is 3. The number of carbonyl (C=O) groups is 3. The van der Waals surface area contributed by atoms with E-state index in [0.29, 0.717) is 31.2 Å². The van der Waals surface area contributed by atoms with Crippen molar-refractivity contribution in [3.05, 3.63) is 22.5 Å². The summed E-state index contributed by atoms with van der Waals surface area (Å²) in [6.45, 7) is 17.7. The molecule has 172 valence electrons. The van der Waals surface area contributed by atoms with Gasteiger partial charge in [-0.15, -0.1) is 0 Å². The largest absolute Gasteiger partial charge is 0.459 e. The van der Waals surface area contributed by atoms with Crippen molar-refractivity contribution >= 4 is 17.5 Å². The van der Waals surface area contributed by atoms with E-state index >= 15 is 0 Å². The number of unbranched alkanes of at least 4 members (excludes halogenated alkanes) is 1. The maximum absolute atomic E-state index is 12.2. The van der Waals surface area contributed by atoms with Gasteiger partial charge in [0.2, 0.25) is 0 Å². The Kier molecular flexibility index (Phi) is 12.6. The minimum atomic E-state index is -0.546. The molecule has 0 fully saturated rings. The van der Waals surface area contributed by atoms with Crippen LogP contribution in [0.4, 0.5) is 0 Å². The zero-order chi connectivity index (χ0) is 23.5. The summed E-state index contributed by atoms with van der Waals surface area (Å²) in [5, 5.41) is 0. The molecule has 0 radical (unpaired) electrons. The first kappa shape index (κ1) is 28.1. The number of nitrogens with zero attached hydrogens (tertiary/aromatic N) is 1. The molecule has 1 aromatic rings. The van der Waals surface area contributed by atoms with Crippen molar-refractivity contribution in [2.45, 2.75) is 119 Å². The second-order valence-corrected chi connectivity index (χ2v) is 8.75. The Labute approximate surface area is 183 Å². The molecule has 0 aliphatic heterocycles. The Bertz CT molecular complexity index is 706. The molecule has 0 aromatic carbocycles. The summed E-state index contributed by atoms with van der Waals surface area (Å²) in [4.78, 5) is 36.1. The third-order valence-corrected chi connectivity index (χ3v) is 4.50. The van der Waals surface area contributed by atoms with Crippen molar-refractivity contribution in [1.82, 2.24) is 4.57 Å². The molecular formula is C25H43NO4. The summed E-state index contributed by atoms with van der Waals surface area (Å²) >= 11 is 0. The summed E-state index contributed by atoms with van der Waals surface area (Å²) in [6.07, 6.45) is 5.86. The van der Waals surface area contributed by atoms with Crippen molar-refractivity contribution in [3.63, 3.8) is 0 Å². The van der Waals surface area contributed by atoms with Gasteiger partial charge in [0.05, 0.1) is 0 Å². The van der Waals surface area contributed by atoms with Crippen LogP contribution in [0.1, 0.15) is 115 Å². The maximum Gasteiger partial charge on any atom is 0.326 e. The predicted octanol–water partition coefficient (Wildman–Crippen LogP) is 5.88. The number of Topliss-reactive ketones (excluding diaryl/α,β-unsaturated/α-hetero) is 2. The van der Waals surface area contributed by atoms with Crippen LogP contribution in [0.25, 0.3) is 0 Å². The van der Waals surface area contributed by atoms with Crippen LogP contribution in [0.3, 0.4) is 0 Å². The quantitative estimate of drug-likeness (QED) is 0.440. The Balaban J connectivity index is 0.00000105. The van der Waals surface area contributed by atoms with Gasteiger partial charge in [0.25, 0.3) is 0 Å². The number of ketones is 2. The first-order valence-electron chi connectivity index (χ1n) is 11.4. The highest BCUT2D eigenvalue weighted by molar-refractivity contribution is 5.99. The molecule has 0 atom stereocenters. The van der Waals surface area contributed by atoms with E-state index in [1.54, 1.807) is 0 Å². The van der Waals surface area contributed by atoms with E-state index < -0.39 is 5.60 Å². The molecule has 0 spiro atoms. The molecule has 0 amide bonds. The molecule has 0 unspecified atom stereocenters. The summed E-state index contributed by atoms with van der Waals surface area (Å²) in [5.41, 5.74) is 2.67. The molecule has 0 saturated carbocycles. The van der Waals surface area contributed by atoms with Crippen molar-refractivity contribution in [2.75, 3.05) is 0 Å². The summed E-state index contributed by atoms with van der Waals surface area (Å²) in [7, 11) is 0. The van der Waals surface area contributed by atoms with Crippen molar-refractivity contribution in [1.29, 1.82) is 0 Å². The number of ether oxygens (including phenoxy) is 1. The molecule has 0 bridgehead atoms. The van der Waals surface area contributed by atoms with Crippen LogP contribution in [-0.2, 0) is 40.1 Å². The Hall–Kier alpha value is -1.91. The molecule has 2 rings (SSSR count). The van der Waals surface area contributed by atoms with E-state index in [-0.39, 0.29) is 24.1 Å². The predicted molar refractivity (Wildman–Crippen MR) is 123 cm³/mol. The maximum atomic E-state index is 12.2. The lowest BCUT2D eigenvalue weighted by molar-refractivity contribution is -0.155. The molecule has 5 nitrogen and oxygen atoms in total. The first-order chi connectivity index (χ1) is 14.0. The molecule has 30 heavy (non-hydrogen) atoms.